The number of aromatic amines is 1. The number of pyridine rings is 1. The van der Waals surface area contributed by atoms with Crippen LogP contribution in [0.15, 0.2) is 48.8 Å². The fraction of sp³-hybridized carbons (Fsp3) is 0.250. The zero-order valence-electron chi connectivity index (χ0n) is 19.8. The van der Waals surface area contributed by atoms with Gasteiger partial charge in [-0.1, -0.05) is 24.3 Å². The smallest absolute Gasteiger partial charge is 0.307 e. The number of benzene rings is 3. The third-order valence-electron chi connectivity index (χ3n) is 6.38. The van der Waals surface area contributed by atoms with Crippen LogP contribution in [0.2, 0.25) is 0 Å². The third kappa shape index (κ3) is 3.46. The molecule has 35 heavy (non-hydrogen) atoms. The number of carboxylic acids is 1. The molecular formula is C28H25N3O4. The van der Waals surface area contributed by atoms with Crippen molar-refractivity contribution in [3.05, 3.63) is 59.9 Å². The molecule has 0 radical (unpaired) electrons. The molecule has 0 amide bonds. The third-order valence-corrected chi connectivity index (χ3v) is 6.38. The van der Waals surface area contributed by atoms with E-state index >= 15 is 0 Å². The van der Waals surface area contributed by atoms with Crippen molar-refractivity contribution in [3.8, 4) is 22.6 Å². The summed E-state index contributed by atoms with van der Waals surface area (Å²) in [5.74, 6) is 0.443. The summed E-state index contributed by atoms with van der Waals surface area (Å²) in [7, 11) is 0. The van der Waals surface area contributed by atoms with Crippen molar-refractivity contribution in [1.82, 2.24) is 15.2 Å². The van der Waals surface area contributed by atoms with Crippen LogP contribution in [0.3, 0.4) is 0 Å². The molecule has 0 saturated heterocycles. The van der Waals surface area contributed by atoms with Crippen molar-refractivity contribution in [1.29, 1.82) is 0 Å². The Morgan fingerprint density at radius 3 is 2.71 bits per heavy atom. The van der Waals surface area contributed by atoms with Gasteiger partial charge in [-0.05, 0) is 43.4 Å². The summed E-state index contributed by atoms with van der Waals surface area (Å²) in [6, 6.07) is 11.9. The summed E-state index contributed by atoms with van der Waals surface area (Å²) >= 11 is 0. The van der Waals surface area contributed by atoms with Gasteiger partial charge >= 0.3 is 5.97 Å². The van der Waals surface area contributed by atoms with E-state index in [1.165, 1.54) is 0 Å². The number of carbonyl (C=O) groups is 1. The predicted molar refractivity (Wildman–Crippen MR) is 135 cm³/mol. The van der Waals surface area contributed by atoms with Crippen molar-refractivity contribution in [2.45, 2.75) is 39.2 Å². The Labute approximate surface area is 201 Å². The summed E-state index contributed by atoms with van der Waals surface area (Å²) in [5, 5.41) is 20.9. The number of rotatable bonds is 4. The highest BCUT2D eigenvalue weighted by atomic mass is 16.5. The molecule has 6 rings (SSSR count). The molecule has 5 aromatic rings. The van der Waals surface area contributed by atoms with Crippen molar-refractivity contribution in [2.24, 2.45) is 0 Å². The van der Waals surface area contributed by atoms with Gasteiger partial charge in [-0.3, -0.25) is 14.9 Å². The number of nitrogens with zero attached hydrogens (tertiary/aromatic N) is 2. The average molecular weight is 468 g/mol. The van der Waals surface area contributed by atoms with Gasteiger partial charge < -0.3 is 14.6 Å². The van der Waals surface area contributed by atoms with Crippen LogP contribution in [0.25, 0.3) is 43.7 Å². The van der Waals surface area contributed by atoms with Gasteiger partial charge in [-0.15, -0.1) is 0 Å². The van der Waals surface area contributed by atoms with E-state index in [2.05, 4.69) is 10.2 Å². The molecule has 176 valence electrons. The van der Waals surface area contributed by atoms with Gasteiger partial charge in [-0.2, -0.15) is 5.10 Å². The molecule has 1 aliphatic rings. The first-order chi connectivity index (χ1) is 16.8. The lowest BCUT2D eigenvalue weighted by molar-refractivity contribution is -0.136. The Balaban J connectivity index is 1.84. The van der Waals surface area contributed by atoms with Gasteiger partial charge in [0, 0.05) is 40.4 Å². The second-order valence-electron chi connectivity index (χ2n) is 9.88. The topological polar surface area (TPSA) is 97.3 Å². The highest BCUT2D eigenvalue weighted by Gasteiger charge is 2.28. The molecule has 3 heterocycles. The number of hydrogen-bond acceptors (Lipinski definition) is 5. The van der Waals surface area contributed by atoms with Crippen LogP contribution in [0.5, 0.6) is 11.5 Å². The predicted octanol–water partition coefficient (Wildman–Crippen LogP) is 5.67. The van der Waals surface area contributed by atoms with Crippen molar-refractivity contribution < 1.29 is 19.4 Å². The molecular weight excluding hydrogens is 442 g/mol. The number of aromatic nitrogens is 3. The number of carboxylic acid groups (broad SMARTS) is 1. The van der Waals surface area contributed by atoms with Crippen LogP contribution in [0.1, 0.15) is 31.9 Å². The number of nitrogens with one attached hydrogen (secondary N) is 1. The van der Waals surface area contributed by atoms with Gasteiger partial charge in [0.25, 0.3) is 0 Å². The summed E-state index contributed by atoms with van der Waals surface area (Å²) in [4.78, 5) is 16.9. The van der Waals surface area contributed by atoms with Crippen LogP contribution in [0.4, 0.5) is 0 Å². The Morgan fingerprint density at radius 1 is 1.14 bits per heavy atom. The van der Waals surface area contributed by atoms with E-state index < -0.39 is 11.6 Å². The first kappa shape index (κ1) is 21.4. The van der Waals surface area contributed by atoms with Crippen LogP contribution < -0.4 is 9.47 Å². The molecule has 2 aromatic heterocycles. The van der Waals surface area contributed by atoms with Crippen LogP contribution in [0, 0.1) is 0 Å². The second kappa shape index (κ2) is 7.70. The van der Waals surface area contributed by atoms with Gasteiger partial charge in [0.15, 0.2) is 0 Å². The Kier molecular flexibility index (Phi) is 4.71. The Hall–Kier alpha value is -4.13. The fourth-order valence-electron chi connectivity index (χ4n) is 5.15. The van der Waals surface area contributed by atoms with E-state index in [-0.39, 0.29) is 6.42 Å². The maximum Gasteiger partial charge on any atom is 0.307 e. The van der Waals surface area contributed by atoms with Crippen molar-refractivity contribution >= 4 is 38.5 Å². The minimum atomic E-state index is -0.915. The van der Waals surface area contributed by atoms with Crippen LogP contribution in [-0.4, -0.2) is 38.5 Å². The summed E-state index contributed by atoms with van der Waals surface area (Å²) < 4.78 is 12.6. The van der Waals surface area contributed by atoms with Crippen molar-refractivity contribution in [3.63, 3.8) is 0 Å². The summed E-state index contributed by atoms with van der Waals surface area (Å²) in [5.41, 5.74) is 4.49. The summed E-state index contributed by atoms with van der Waals surface area (Å²) in [6.07, 6.45) is 4.14. The molecule has 0 saturated carbocycles. The lowest BCUT2D eigenvalue weighted by Gasteiger charge is -2.28. The molecule has 0 spiro atoms. The molecule has 7 nitrogen and oxygen atoms in total. The Morgan fingerprint density at radius 2 is 1.94 bits per heavy atom. The van der Waals surface area contributed by atoms with E-state index in [9.17, 15) is 9.90 Å². The highest BCUT2D eigenvalue weighted by molar-refractivity contribution is 6.18. The molecule has 0 bridgehead atoms. The normalized spacial score (nSPS) is 13.3. The van der Waals surface area contributed by atoms with Gasteiger partial charge in [0.1, 0.15) is 17.1 Å². The molecule has 0 unspecified atom stereocenters. The van der Waals surface area contributed by atoms with E-state index in [1.807, 2.05) is 63.4 Å². The molecule has 0 aliphatic carbocycles. The standard InChI is InChI=1S/C28H25N3O4/c1-28(2,3)35-21-13-20-23-15(9-11-34-20)8-10-29-27(23)25(21)24-16-6-4-5-7-17(16)26-19(14-30-31-26)18(24)12-22(32)33/h4-8,10,13-14H,9,11-12H2,1-3H3,(H,30,31)(H,32,33). The number of fused-ring (bicyclic) bond motifs is 3. The van der Waals surface area contributed by atoms with Crippen molar-refractivity contribution in [2.75, 3.05) is 6.61 Å². The zero-order valence-corrected chi connectivity index (χ0v) is 19.8. The molecule has 0 fully saturated rings. The minimum Gasteiger partial charge on any atom is -0.492 e. The van der Waals surface area contributed by atoms with Gasteiger partial charge in [-0.25, -0.2) is 0 Å². The van der Waals surface area contributed by atoms with E-state index in [0.717, 1.165) is 61.4 Å². The quantitative estimate of drug-likeness (QED) is 0.353. The van der Waals surface area contributed by atoms with Crippen LogP contribution in [-0.2, 0) is 17.6 Å². The number of hydrogen-bond donors (Lipinski definition) is 2. The lowest BCUT2D eigenvalue weighted by Crippen LogP contribution is -2.24. The molecule has 0 atom stereocenters. The fourth-order valence-corrected chi connectivity index (χ4v) is 5.15. The van der Waals surface area contributed by atoms with E-state index in [0.29, 0.717) is 17.9 Å². The molecule has 1 aliphatic heterocycles. The second-order valence-corrected chi connectivity index (χ2v) is 9.88. The number of H-pyrrole nitrogens is 1. The maximum absolute atomic E-state index is 12.1. The molecule has 2 N–H and O–H groups in total. The van der Waals surface area contributed by atoms with E-state index in [1.54, 1.807) is 6.20 Å². The number of ether oxygens (including phenoxy) is 2. The molecule has 3 aromatic carbocycles. The lowest BCUT2D eigenvalue weighted by atomic mass is 9.86. The van der Waals surface area contributed by atoms with Crippen LogP contribution >= 0.6 is 0 Å². The van der Waals surface area contributed by atoms with E-state index in [4.69, 9.17) is 14.5 Å². The SMILES string of the molecule is CC(C)(C)Oc1cc2c3c(ccnc3c1-c1c(CC(=O)O)c3cn[nH]c3c3ccccc13)CCO2. The van der Waals surface area contributed by atoms with Gasteiger partial charge in [0.2, 0.25) is 0 Å². The first-order valence-electron chi connectivity index (χ1n) is 11.7. The zero-order chi connectivity index (χ0) is 24.3. The molecule has 7 heteroatoms. The maximum atomic E-state index is 12.1. The largest absolute Gasteiger partial charge is 0.492 e. The first-order valence-corrected chi connectivity index (χ1v) is 11.7. The number of aliphatic carboxylic acids is 1. The average Bonchev–Trinajstić information content (AvgIpc) is 3.30. The summed E-state index contributed by atoms with van der Waals surface area (Å²) in [6.45, 7) is 6.57. The Bertz CT molecular complexity index is 1650. The minimum absolute atomic E-state index is 0.162. The highest BCUT2D eigenvalue weighted by Crippen LogP contribution is 2.49. The monoisotopic (exact) mass is 467 g/mol. The van der Waals surface area contributed by atoms with Gasteiger partial charge in [0.05, 0.1) is 35.8 Å².